The Morgan fingerprint density at radius 1 is 0.742 bits per heavy atom. The summed E-state index contributed by atoms with van der Waals surface area (Å²) in [4.78, 5) is 29.1. The number of anilines is 1. The van der Waals surface area contributed by atoms with Gasteiger partial charge in [0.1, 0.15) is 22.2 Å². The van der Waals surface area contributed by atoms with Gasteiger partial charge in [0.05, 0.1) is 5.69 Å². The second-order valence-corrected chi connectivity index (χ2v) is 7.84. The molecule has 2 heterocycles. The summed E-state index contributed by atoms with van der Waals surface area (Å²) >= 11 is 6.37. The van der Waals surface area contributed by atoms with Gasteiger partial charge in [-0.3, -0.25) is 9.59 Å². The molecule has 3 aromatic carbocycles. The first-order chi connectivity index (χ1) is 15.1. The minimum Gasteiger partial charge on any atom is -0.457 e. The Morgan fingerprint density at radius 2 is 1.39 bits per heavy atom. The zero-order valence-corrected chi connectivity index (χ0v) is 17.4. The van der Waals surface area contributed by atoms with Gasteiger partial charge in [0.15, 0.2) is 0 Å². The summed E-state index contributed by atoms with van der Waals surface area (Å²) in [5.41, 5.74) is 3.14. The Bertz CT molecular complexity index is 1190. The lowest BCUT2D eigenvalue weighted by Gasteiger charge is -2.31. The molecule has 0 radical (unpaired) electrons. The van der Waals surface area contributed by atoms with Crippen LogP contribution in [0.2, 0.25) is 0 Å². The van der Waals surface area contributed by atoms with E-state index in [9.17, 15) is 9.59 Å². The minimum absolute atomic E-state index is 0.0333. The molecule has 5 nitrogen and oxygen atoms in total. The molecule has 0 bridgehead atoms. The van der Waals surface area contributed by atoms with Crippen LogP contribution < -0.4 is 9.64 Å². The second-order valence-electron chi connectivity index (χ2n) is 7.46. The van der Waals surface area contributed by atoms with Crippen molar-refractivity contribution < 1.29 is 14.3 Å². The smallest absolute Gasteiger partial charge is 0.283 e. The zero-order chi connectivity index (χ0) is 21.4. The molecule has 2 amide bonds. The summed E-state index contributed by atoms with van der Waals surface area (Å²) in [6.07, 6.45) is 0.802. The average Bonchev–Trinajstić information content (AvgIpc) is 3.03. The number of hydrogen-bond acceptors (Lipinski definition) is 4. The fourth-order valence-corrected chi connectivity index (χ4v) is 4.26. The molecule has 2 aliphatic rings. The highest BCUT2D eigenvalue weighted by Crippen LogP contribution is 2.34. The molecule has 6 heteroatoms. The Hall–Kier alpha value is -3.57. The molecule has 3 aromatic rings. The average molecular weight is 431 g/mol. The maximum Gasteiger partial charge on any atom is 0.283 e. The van der Waals surface area contributed by atoms with Crippen molar-refractivity contribution in [2.24, 2.45) is 0 Å². The highest BCUT2D eigenvalue weighted by Gasteiger charge is 2.41. The van der Waals surface area contributed by atoms with Crippen molar-refractivity contribution in [2.75, 3.05) is 11.4 Å². The molecule has 0 aromatic heterocycles. The van der Waals surface area contributed by atoms with Crippen LogP contribution in [0.4, 0.5) is 5.69 Å². The topological polar surface area (TPSA) is 49.9 Å². The third kappa shape index (κ3) is 3.57. The van der Waals surface area contributed by atoms with Crippen LogP contribution >= 0.6 is 11.6 Å². The van der Waals surface area contributed by atoms with Crippen LogP contribution in [0.5, 0.6) is 11.5 Å². The summed E-state index contributed by atoms with van der Waals surface area (Å²) < 4.78 is 5.79. The van der Waals surface area contributed by atoms with Gasteiger partial charge in [0, 0.05) is 13.1 Å². The summed E-state index contributed by atoms with van der Waals surface area (Å²) in [6.45, 7) is 1.19. The highest BCUT2D eigenvalue weighted by molar-refractivity contribution is 6.52. The largest absolute Gasteiger partial charge is 0.457 e. The predicted octanol–water partition coefficient (Wildman–Crippen LogP) is 4.86. The number of rotatable bonds is 4. The van der Waals surface area contributed by atoms with Crippen molar-refractivity contribution in [3.63, 3.8) is 0 Å². The van der Waals surface area contributed by atoms with Crippen molar-refractivity contribution in [3.8, 4) is 11.5 Å². The molecule has 2 aliphatic heterocycles. The normalized spacial score (nSPS) is 16.0. The van der Waals surface area contributed by atoms with Crippen LogP contribution in [0.1, 0.15) is 11.1 Å². The number of para-hydroxylation sites is 1. The number of imide groups is 1. The van der Waals surface area contributed by atoms with Crippen molar-refractivity contribution in [3.05, 3.63) is 101 Å². The van der Waals surface area contributed by atoms with Gasteiger partial charge in [-0.25, -0.2) is 4.90 Å². The van der Waals surface area contributed by atoms with E-state index < -0.39 is 11.8 Å². The van der Waals surface area contributed by atoms with E-state index in [2.05, 4.69) is 6.07 Å². The second kappa shape index (κ2) is 7.93. The predicted molar refractivity (Wildman–Crippen MR) is 119 cm³/mol. The number of fused-ring (bicyclic) bond motifs is 1. The van der Waals surface area contributed by atoms with Crippen molar-refractivity contribution in [1.29, 1.82) is 0 Å². The lowest BCUT2D eigenvalue weighted by molar-refractivity contribution is -0.121. The van der Waals surface area contributed by atoms with E-state index in [4.69, 9.17) is 16.3 Å². The van der Waals surface area contributed by atoms with Gasteiger partial charge < -0.3 is 9.64 Å². The highest BCUT2D eigenvalue weighted by atomic mass is 35.5. The third-order valence-electron chi connectivity index (χ3n) is 5.53. The van der Waals surface area contributed by atoms with E-state index in [-0.39, 0.29) is 10.7 Å². The first kappa shape index (κ1) is 19.4. The zero-order valence-electron chi connectivity index (χ0n) is 16.6. The Labute approximate surface area is 185 Å². The first-order valence-corrected chi connectivity index (χ1v) is 10.4. The number of ether oxygens (including phenoxy) is 1. The van der Waals surface area contributed by atoms with Crippen LogP contribution in [-0.4, -0.2) is 23.3 Å². The molecular weight excluding hydrogens is 412 g/mol. The number of carbonyl (C=O) groups excluding carboxylic acids is 2. The third-order valence-corrected chi connectivity index (χ3v) is 5.87. The van der Waals surface area contributed by atoms with Crippen molar-refractivity contribution >= 4 is 29.1 Å². The van der Waals surface area contributed by atoms with E-state index in [1.165, 1.54) is 5.56 Å². The summed E-state index contributed by atoms with van der Waals surface area (Å²) in [7, 11) is 0. The molecule has 5 rings (SSSR count). The Morgan fingerprint density at radius 3 is 2.13 bits per heavy atom. The van der Waals surface area contributed by atoms with E-state index in [0.29, 0.717) is 30.3 Å². The lowest BCUT2D eigenvalue weighted by atomic mass is 9.99. The van der Waals surface area contributed by atoms with E-state index in [1.807, 2.05) is 53.4 Å². The van der Waals surface area contributed by atoms with Gasteiger partial charge in [0.2, 0.25) is 0 Å². The van der Waals surface area contributed by atoms with E-state index in [1.54, 1.807) is 24.3 Å². The molecule has 0 saturated carbocycles. The summed E-state index contributed by atoms with van der Waals surface area (Å²) in [5, 5.41) is -0.0333. The number of benzene rings is 3. The van der Waals surface area contributed by atoms with E-state index >= 15 is 0 Å². The van der Waals surface area contributed by atoms with Gasteiger partial charge in [-0.1, -0.05) is 54.1 Å². The fourth-order valence-electron chi connectivity index (χ4n) is 3.97. The number of halogens is 1. The maximum atomic E-state index is 13.2. The molecule has 154 valence electrons. The molecule has 0 spiro atoms. The first-order valence-electron chi connectivity index (χ1n) is 10.0. The number of carbonyl (C=O) groups is 2. The molecular formula is C25H19ClN2O3. The molecule has 0 atom stereocenters. The van der Waals surface area contributed by atoms with Gasteiger partial charge in [-0.2, -0.15) is 0 Å². The lowest BCUT2D eigenvalue weighted by Crippen LogP contribution is -2.37. The maximum absolute atomic E-state index is 13.2. The standard InChI is InChI=1S/C25H19ClN2O3/c26-22-23(27-15-14-17-6-4-5-7-18(17)16-27)25(30)28(24(22)29)19-10-12-21(13-11-19)31-20-8-2-1-3-9-20/h1-13H,14-16H2. The van der Waals surface area contributed by atoms with Gasteiger partial charge in [0.25, 0.3) is 11.8 Å². The Kier molecular flexibility index (Phi) is 4.96. The van der Waals surface area contributed by atoms with Gasteiger partial charge >= 0.3 is 0 Å². The van der Waals surface area contributed by atoms with Crippen LogP contribution in [0, 0.1) is 0 Å². The number of hydrogen-bond donors (Lipinski definition) is 0. The fraction of sp³-hybridized carbons (Fsp3) is 0.120. The van der Waals surface area contributed by atoms with Gasteiger partial charge in [-0.15, -0.1) is 0 Å². The SMILES string of the molecule is O=C1C(Cl)=C(N2CCc3ccccc3C2)C(=O)N1c1ccc(Oc2ccccc2)cc1. The Balaban J connectivity index is 1.36. The molecule has 0 unspecified atom stereocenters. The van der Waals surface area contributed by atoms with Crippen molar-refractivity contribution in [2.45, 2.75) is 13.0 Å². The molecule has 0 saturated heterocycles. The quantitative estimate of drug-likeness (QED) is 0.554. The van der Waals surface area contributed by atoms with Crippen LogP contribution in [-0.2, 0) is 22.6 Å². The van der Waals surface area contributed by atoms with Crippen molar-refractivity contribution in [1.82, 2.24) is 4.90 Å². The molecule has 31 heavy (non-hydrogen) atoms. The summed E-state index contributed by atoms with van der Waals surface area (Å²) in [6, 6.07) is 24.4. The summed E-state index contributed by atoms with van der Waals surface area (Å²) in [5.74, 6) is 0.422. The molecule has 0 aliphatic carbocycles. The monoisotopic (exact) mass is 430 g/mol. The number of amides is 2. The molecule has 0 N–H and O–H groups in total. The van der Waals surface area contributed by atoms with E-state index in [0.717, 1.165) is 16.9 Å². The minimum atomic E-state index is -0.503. The van der Waals surface area contributed by atoms with Crippen LogP contribution in [0.15, 0.2) is 89.6 Å². The van der Waals surface area contributed by atoms with Crippen LogP contribution in [0.25, 0.3) is 0 Å². The molecule has 0 fully saturated rings. The van der Waals surface area contributed by atoms with Crippen LogP contribution in [0.3, 0.4) is 0 Å². The number of nitrogens with zero attached hydrogens (tertiary/aromatic N) is 2. The van der Waals surface area contributed by atoms with Gasteiger partial charge in [-0.05, 0) is 53.9 Å².